The Bertz CT molecular complexity index is 523. The van der Waals surface area contributed by atoms with E-state index in [0.717, 1.165) is 0 Å². The van der Waals surface area contributed by atoms with E-state index < -0.39 is 6.04 Å². The lowest BCUT2D eigenvalue weighted by Gasteiger charge is -2.22. The van der Waals surface area contributed by atoms with E-state index in [1.165, 1.54) is 6.07 Å². The van der Waals surface area contributed by atoms with Gasteiger partial charge in [0.15, 0.2) is 0 Å². The number of amides is 2. The molecule has 7 nitrogen and oxygen atoms in total. The van der Waals surface area contributed by atoms with Crippen LogP contribution in [0.5, 0.6) is 0 Å². The molecule has 1 unspecified atom stereocenters. The summed E-state index contributed by atoms with van der Waals surface area (Å²) in [4.78, 5) is 40.2. The van der Waals surface area contributed by atoms with E-state index in [4.69, 9.17) is 0 Å². The summed E-state index contributed by atoms with van der Waals surface area (Å²) in [5.74, 6) is 0.136. The van der Waals surface area contributed by atoms with Gasteiger partial charge in [-0.2, -0.15) is 0 Å². The normalized spacial score (nSPS) is 19.9. The predicted octanol–water partition coefficient (Wildman–Crippen LogP) is -0.705. The Labute approximate surface area is 96.6 Å². The number of carbonyl (C=O) groups excluding carboxylic acids is 2. The fourth-order valence-electron chi connectivity index (χ4n) is 1.66. The summed E-state index contributed by atoms with van der Waals surface area (Å²) >= 11 is 0. The number of carbonyl (C=O) groups is 2. The first-order chi connectivity index (χ1) is 8.04. The highest BCUT2D eigenvalue weighted by molar-refractivity contribution is 6.01. The van der Waals surface area contributed by atoms with Crippen molar-refractivity contribution in [3.8, 4) is 0 Å². The van der Waals surface area contributed by atoms with Gasteiger partial charge in [0.05, 0.1) is 0 Å². The lowest BCUT2D eigenvalue weighted by Crippen LogP contribution is -2.47. The number of nitrogens with one attached hydrogen (secondary N) is 3. The smallest absolute Gasteiger partial charge is 0.252 e. The number of imide groups is 1. The summed E-state index contributed by atoms with van der Waals surface area (Å²) in [7, 11) is 0. The second-order valence-corrected chi connectivity index (χ2v) is 3.86. The number of aryl methyl sites for hydroxylation is 1. The third-order valence-corrected chi connectivity index (χ3v) is 2.42. The van der Waals surface area contributed by atoms with Gasteiger partial charge in [-0.1, -0.05) is 0 Å². The van der Waals surface area contributed by atoms with Gasteiger partial charge in [0.25, 0.3) is 5.56 Å². The Morgan fingerprint density at radius 3 is 2.82 bits per heavy atom. The molecular weight excluding hydrogens is 224 g/mol. The molecule has 2 rings (SSSR count). The maximum atomic E-state index is 11.5. The number of H-pyrrole nitrogens is 1. The van der Waals surface area contributed by atoms with Gasteiger partial charge >= 0.3 is 0 Å². The second-order valence-electron chi connectivity index (χ2n) is 3.86. The van der Waals surface area contributed by atoms with Crippen LogP contribution < -0.4 is 16.2 Å². The van der Waals surface area contributed by atoms with Gasteiger partial charge in [0.1, 0.15) is 17.7 Å². The Kier molecular flexibility index (Phi) is 2.90. The van der Waals surface area contributed by atoms with Crippen LogP contribution in [-0.2, 0) is 9.59 Å². The minimum Gasteiger partial charge on any atom is -0.358 e. The maximum Gasteiger partial charge on any atom is 0.252 e. The molecule has 1 fully saturated rings. The average molecular weight is 236 g/mol. The van der Waals surface area contributed by atoms with Crippen LogP contribution in [0.25, 0.3) is 0 Å². The first-order valence-electron chi connectivity index (χ1n) is 5.23. The molecule has 3 N–H and O–H groups in total. The van der Waals surface area contributed by atoms with Crippen molar-refractivity contribution < 1.29 is 9.59 Å². The van der Waals surface area contributed by atoms with Crippen LogP contribution in [0.2, 0.25) is 0 Å². The predicted molar refractivity (Wildman–Crippen MR) is 59.4 cm³/mol. The van der Waals surface area contributed by atoms with Crippen molar-refractivity contribution in [3.63, 3.8) is 0 Å². The number of rotatable bonds is 2. The molecule has 2 heterocycles. The average Bonchev–Trinajstić information content (AvgIpc) is 2.21. The van der Waals surface area contributed by atoms with Gasteiger partial charge in [-0.15, -0.1) is 0 Å². The number of aromatic nitrogens is 2. The summed E-state index contributed by atoms with van der Waals surface area (Å²) in [5.41, 5.74) is -0.285. The third kappa shape index (κ3) is 2.68. The van der Waals surface area contributed by atoms with Gasteiger partial charge in [0, 0.05) is 12.5 Å². The van der Waals surface area contributed by atoms with E-state index in [1.807, 2.05) is 0 Å². The number of piperidine rings is 1. The lowest BCUT2D eigenvalue weighted by atomic mass is 10.1. The van der Waals surface area contributed by atoms with Gasteiger partial charge in [-0.3, -0.25) is 19.7 Å². The van der Waals surface area contributed by atoms with E-state index >= 15 is 0 Å². The monoisotopic (exact) mass is 236 g/mol. The van der Waals surface area contributed by atoms with Crippen molar-refractivity contribution in [1.29, 1.82) is 0 Å². The minimum atomic E-state index is -0.526. The van der Waals surface area contributed by atoms with E-state index in [2.05, 4.69) is 20.6 Å². The molecule has 0 radical (unpaired) electrons. The van der Waals surface area contributed by atoms with E-state index in [9.17, 15) is 14.4 Å². The third-order valence-electron chi connectivity index (χ3n) is 2.42. The second kappa shape index (κ2) is 4.36. The summed E-state index contributed by atoms with van der Waals surface area (Å²) in [6.45, 7) is 1.65. The largest absolute Gasteiger partial charge is 0.358 e. The number of aromatic amines is 1. The summed E-state index contributed by atoms with van der Waals surface area (Å²) < 4.78 is 0. The van der Waals surface area contributed by atoms with Crippen LogP contribution in [0, 0.1) is 6.92 Å². The summed E-state index contributed by atoms with van der Waals surface area (Å²) in [6.07, 6.45) is 0.684. The molecule has 0 aliphatic carbocycles. The molecule has 1 atom stereocenters. The van der Waals surface area contributed by atoms with Crippen LogP contribution in [-0.4, -0.2) is 27.8 Å². The molecule has 0 aromatic carbocycles. The van der Waals surface area contributed by atoms with Gasteiger partial charge < -0.3 is 10.3 Å². The molecule has 1 aromatic rings. The molecule has 0 bridgehead atoms. The van der Waals surface area contributed by atoms with Crippen molar-refractivity contribution in [1.82, 2.24) is 15.3 Å². The first-order valence-corrected chi connectivity index (χ1v) is 5.23. The summed E-state index contributed by atoms with van der Waals surface area (Å²) in [5, 5.41) is 5.06. The molecule has 2 amide bonds. The van der Waals surface area contributed by atoms with Crippen LogP contribution in [0.4, 0.5) is 5.82 Å². The van der Waals surface area contributed by atoms with Gasteiger partial charge in [-0.25, -0.2) is 4.98 Å². The SMILES string of the molecule is Cc1nc(NC2CCC(=O)NC2=O)cc(=O)[nH]1. The molecule has 1 aromatic heterocycles. The van der Waals surface area contributed by atoms with Crippen LogP contribution in [0.3, 0.4) is 0 Å². The molecule has 0 saturated carbocycles. The standard InChI is InChI=1S/C10H12N4O3/c1-5-11-7(4-9(16)12-5)13-6-2-3-8(15)14-10(6)17/h4,6H,2-3H2,1H3,(H,14,15,17)(H2,11,12,13,16). The van der Waals surface area contributed by atoms with Gasteiger partial charge in [0.2, 0.25) is 11.8 Å². The lowest BCUT2D eigenvalue weighted by molar-refractivity contribution is -0.133. The van der Waals surface area contributed by atoms with Crippen molar-refractivity contribution in [3.05, 3.63) is 22.2 Å². The molecule has 1 aliphatic rings. The highest BCUT2D eigenvalue weighted by atomic mass is 16.2. The zero-order valence-electron chi connectivity index (χ0n) is 9.24. The van der Waals surface area contributed by atoms with Crippen molar-refractivity contribution in [2.24, 2.45) is 0 Å². The Balaban J connectivity index is 2.13. The van der Waals surface area contributed by atoms with E-state index in [0.29, 0.717) is 18.1 Å². The molecule has 1 saturated heterocycles. The van der Waals surface area contributed by atoms with Crippen molar-refractivity contribution >= 4 is 17.6 Å². The van der Waals surface area contributed by atoms with Crippen molar-refractivity contribution in [2.45, 2.75) is 25.8 Å². The highest BCUT2D eigenvalue weighted by Gasteiger charge is 2.26. The maximum absolute atomic E-state index is 11.5. The molecule has 17 heavy (non-hydrogen) atoms. The Morgan fingerprint density at radius 1 is 1.41 bits per heavy atom. The van der Waals surface area contributed by atoms with Gasteiger partial charge in [-0.05, 0) is 13.3 Å². The molecule has 90 valence electrons. The highest BCUT2D eigenvalue weighted by Crippen LogP contribution is 2.10. The Hall–Kier alpha value is -2.18. The zero-order chi connectivity index (χ0) is 12.4. The van der Waals surface area contributed by atoms with Crippen LogP contribution in [0.15, 0.2) is 10.9 Å². The molecule has 0 spiro atoms. The zero-order valence-corrected chi connectivity index (χ0v) is 9.24. The fraction of sp³-hybridized carbons (Fsp3) is 0.400. The number of anilines is 1. The Morgan fingerprint density at radius 2 is 2.18 bits per heavy atom. The fourth-order valence-corrected chi connectivity index (χ4v) is 1.66. The molecular formula is C10H12N4O3. The number of hydrogen-bond acceptors (Lipinski definition) is 5. The number of hydrogen-bond donors (Lipinski definition) is 3. The first kappa shape index (κ1) is 11.3. The number of nitrogens with zero attached hydrogens (tertiary/aromatic N) is 1. The van der Waals surface area contributed by atoms with E-state index in [-0.39, 0.29) is 23.8 Å². The van der Waals surface area contributed by atoms with Crippen LogP contribution in [0.1, 0.15) is 18.7 Å². The quantitative estimate of drug-likeness (QED) is 0.589. The van der Waals surface area contributed by atoms with Crippen LogP contribution >= 0.6 is 0 Å². The molecule has 7 heteroatoms. The van der Waals surface area contributed by atoms with Crippen molar-refractivity contribution in [2.75, 3.05) is 5.32 Å². The minimum absolute atomic E-state index is 0.275. The topological polar surface area (TPSA) is 104 Å². The molecule has 1 aliphatic heterocycles. The summed E-state index contributed by atoms with van der Waals surface area (Å²) in [6, 6.07) is 0.748. The van der Waals surface area contributed by atoms with E-state index in [1.54, 1.807) is 6.92 Å².